The van der Waals surface area contributed by atoms with E-state index in [0.717, 1.165) is 0 Å². The predicted molar refractivity (Wildman–Crippen MR) is 85.7 cm³/mol. The van der Waals surface area contributed by atoms with E-state index in [-0.39, 0.29) is 6.61 Å². The Kier molecular flexibility index (Phi) is 5.88. The van der Waals surface area contributed by atoms with Gasteiger partial charge in [-0.25, -0.2) is 4.79 Å². The molecule has 2 aromatic rings. The standard InChI is InChI=1S/C18H19NO4/c1-2-23-18(22)15(16(20)13-9-5-3-6-10-13)19-17(21)14-11-7-4-8-12-14/h3-12,15-16,20H,2H2,1H3,(H,19,21). The van der Waals surface area contributed by atoms with Gasteiger partial charge in [0, 0.05) is 5.56 Å². The first-order chi connectivity index (χ1) is 11.1. The van der Waals surface area contributed by atoms with E-state index < -0.39 is 24.0 Å². The summed E-state index contributed by atoms with van der Waals surface area (Å²) in [5.41, 5.74) is 0.931. The van der Waals surface area contributed by atoms with E-state index in [1.165, 1.54) is 0 Å². The molecule has 0 aliphatic heterocycles. The minimum atomic E-state index is -1.19. The van der Waals surface area contributed by atoms with Crippen LogP contribution in [-0.4, -0.2) is 29.6 Å². The fourth-order valence-electron chi connectivity index (χ4n) is 2.16. The van der Waals surface area contributed by atoms with E-state index in [1.54, 1.807) is 67.6 Å². The number of ether oxygens (including phenoxy) is 1. The summed E-state index contributed by atoms with van der Waals surface area (Å²) >= 11 is 0. The molecule has 2 unspecified atom stereocenters. The number of carbonyl (C=O) groups excluding carboxylic acids is 2. The topological polar surface area (TPSA) is 75.6 Å². The Labute approximate surface area is 134 Å². The molecule has 5 heteroatoms. The van der Waals surface area contributed by atoms with Crippen LogP contribution in [0.2, 0.25) is 0 Å². The highest BCUT2D eigenvalue weighted by Crippen LogP contribution is 2.18. The molecule has 0 aliphatic carbocycles. The molecule has 0 heterocycles. The molecule has 5 nitrogen and oxygen atoms in total. The maximum absolute atomic E-state index is 12.3. The van der Waals surface area contributed by atoms with Gasteiger partial charge in [-0.05, 0) is 24.6 Å². The smallest absolute Gasteiger partial charge is 0.331 e. The van der Waals surface area contributed by atoms with Crippen LogP contribution in [0.25, 0.3) is 0 Å². The zero-order chi connectivity index (χ0) is 16.7. The van der Waals surface area contributed by atoms with Gasteiger partial charge in [0.05, 0.1) is 6.61 Å². The van der Waals surface area contributed by atoms with Crippen molar-refractivity contribution in [2.24, 2.45) is 0 Å². The van der Waals surface area contributed by atoms with Gasteiger partial charge >= 0.3 is 5.97 Å². The molecule has 23 heavy (non-hydrogen) atoms. The normalized spacial score (nSPS) is 13.0. The highest BCUT2D eigenvalue weighted by atomic mass is 16.5. The van der Waals surface area contributed by atoms with Crippen molar-refractivity contribution >= 4 is 11.9 Å². The summed E-state index contributed by atoms with van der Waals surface area (Å²) in [5, 5.41) is 13.0. The number of amides is 1. The van der Waals surface area contributed by atoms with Gasteiger partial charge in [-0.15, -0.1) is 0 Å². The number of rotatable bonds is 6. The predicted octanol–water partition coefficient (Wildman–Crippen LogP) is 2.08. The zero-order valence-electron chi connectivity index (χ0n) is 12.8. The minimum Gasteiger partial charge on any atom is -0.464 e. The third kappa shape index (κ3) is 4.40. The molecule has 2 aromatic carbocycles. The Bertz CT molecular complexity index is 643. The van der Waals surface area contributed by atoms with Crippen molar-refractivity contribution in [1.29, 1.82) is 0 Å². The summed E-state index contributed by atoms with van der Waals surface area (Å²) < 4.78 is 4.97. The van der Waals surface area contributed by atoms with Crippen LogP contribution in [-0.2, 0) is 9.53 Å². The summed E-state index contributed by atoms with van der Waals surface area (Å²) in [6.07, 6.45) is -1.19. The van der Waals surface area contributed by atoms with E-state index in [0.29, 0.717) is 11.1 Å². The van der Waals surface area contributed by atoms with Gasteiger partial charge in [0.2, 0.25) is 0 Å². The van der Waals surface area contributed by atoms with Gasteiger partial charge in [0.1, 0.15) is 6.10 Å². The van der Waals surface area contributed by atoms with Crippen molar-refractivity contribution in [3.8, 4) is 0 Å². The molecule has 2 N–H and O–H groups in total. The summed E-state index contributed by atoms with van der Waals surface area (Å²) in [4.78, 5) is 24.4. The summed E-state index contributed by atoms with van der Waals surface area (Å²) in [7, 11) is 0. The van der Waals surface area contributed by atoms with Crippen molar-refractivity contribution in [2.75, 3.05) is 6.61 Å². The maximum Gasteiger partial charge on any atom is 0.331 e. The minimum absolute atomic E-state index is 0.165. The van der Waals surface area contributed by atoms with Gasteiger partial charge in [-0.2, -0.15) is 0 Å². The molecule has 0 aliphatic rings. The lowest BCUT2D eigenvalue weighted by Gasteiger charge is -2.22. The number of nitrogens with one attached hydrogen (secondary N) is 1. The second-order valence-electron chi connectivity index (χ2n) is 4.92. The lowest BCUT2D eigenvalue weighted by Crippen LogP contribution is -2.46. The average molecular weight is 313 g/mol. The molecular weight excluding hydrogens is 294 g/mol. The second-order valence-corrected chi connectivity index (χ2v) is 4.92. The van der Waals surface area contributed by atoms with Crippen LogP contribution < -0.4 is 5.32 Å². The van der Waals surface area contributed by atoms with Crippen LogP contribution in [0.3, 0.4) is 0 Å². The van der Waals surface area contributed by atoms with Crippen LogP contribution in [0, 0.1) is 0 Å². The van der Waals surface area contributed by atoms with Crippen molar-refractivity contribution in [3.63, 3.8) is 0 Å². The summed E-state index contributed by atoms with van der Waals surface area (Å²) in [6, 6.07) is 16.0. The van der Waals surface area contributed by atoms with E-state index in [9.17, 15) is 14.7 Å². The molecule has 0 spiro atoms. The molecule has 0 saturated heterocycles. The highest BCUT2D eigenvalue weighted by Gasteiger charge is 2.31. The van der Waals surface area contributed by atoms with Crippen LogP contribution in [0.5, 0.6) is 0 Å². The van der Waals surface area contributed by atoms with Crippen LogP contribution >= 0.6 is 0 Å². The first-order valence-corrected chi connectivity index (χ1v) is 7.39. The molecule has 2 rings (SSSR count). The molecule has 0 fully saturated rings. The number of hydrogen-bond donors (Lipinski definition) is 2. The monoisotopic (exact) mass is 313 g/mol. The Balaban J connectivity index is 2.21. The number of carbonyl (C=O) groups is 2. The van der Waals surface area contributed by atoms with Gasteiger partial charge in [0.15, 0.2) is 6.04 Å². The molecular formula is C18H19NO4. The van der Waals surface area contributed by atoms with Gasteiger partial charge in [0.25, 0.3) is 5.91 Å². The van der Waals surface area contributed by atoms with Crippen molar-refractivity contribution in [3.05, 3.63) is 71.8 Å². The number of aliphatic hydroxyl groups excluding tert-OH is 1. The first kappa shape index (κ1) is 16.7. The maximum atomic E-state index is 12.3. The number of benzene rings is 2. The number of esters is 1. The molecule has 2 atom stereocenters. The molecule has 120 valence electrons. The van der Waals surface area contributed by atoms with Gasteiger partial charge in [-0.1, -0.05) is 48.5 Å². The fourth-order valence-corrected chi connectivity index (χ4v) is 2.16. The van der Waals surface area contributed by atoms with E-state index in [1.807, 2.05) is 0 Å². The Morgan fingerprint density at radius 3 is 2.17 bits per heavy atom. The lowest BCUT2D eigenvalue weighted by atomic mass is 10.0. The average Bonchev–Trinajstić information content (AvgIpc) is 2.60. The third-order valence-corrected chi connectivity index (χ3v) is 3.32. The van der Waals surface area contributed by atoms with Gasteiger partial charge < -0.3 is 15.2 Å². The van der Waals surface area contributed by atoms with Crippen molar-refractivity contribution in [2.45, 2.75) is 19.1 Å². The molecule has 0 aromatic heterocycles. The molecule has 0 radical (unpaired) electrons. The van der Waals surface area contributed by atoms with Crippen molar-refractivity contribution in [1.82, 2.24) is 5.32 Å². The first-order valence-electron chi connectivity index (χ1n) is 7.39. The lowest BCUT2D eigenvalue weighted by molar-refractivity contribution is -0.148. The third-order valence-electron chi connectivity index (χ3n) is 3.32. The van der Waals surface area contributed by atoms with Crippen LogP contribution in [0.15, 0.2) is 60.7 Å². The van der Waals surface area contributed by atoms with E-state index >= 15 is 0 Å². The Morgan fingerprint density at radius 1 is 1.04 bits per heavy atom. The summed E-state index contributed by atoms with van der Waals surface area (Å²) in [6.45, 7) is 1.83. The largest absolute Gasteiger partial charge is 0.464 e. The zero-order valence-corrected chi connectivity index (χ0v) is 12.8. The highest BCUT2D eigenvalue weighted by molar-refractivity contribution is 5.96. The number of hydrogen-bond acceptors (Lipinski definition) is 4. The van der Waals surface area contributed by atoms with E-state index in [4.69, 9.17) is 4.74 Å². The number of aliphatic hydroxyl groups is 1. The van der Waals surface area contributed by atoms with Gasteiger partial charge in [-0.3, -0.25) is 4.79 Å². The van der Waals surface area contributed by atoms with Crippen LogP contribution in [0.4, 0.5) is 0 Å². The molecule has 1 amide bonds. The second kappa shape index (κ2) is 8.10. The SMILES string of the molecule is CCOC(=O)C(NC(=O)c1ccccc1)C(O)c1ccccc1. The fraction of sp³-hybridized carbons (Fsp3) is 0.222. The van der Waals surface area contributed by atoms with E-state index in [2.05, 4.69) is 5.32 Å². The molecule has 0 saturated carbocycles. The Hall–Kier alpha value is -2.66. The van der Waals surface area contributed by atoms with Crippen molar-refractivity contribution < 1.29 is 19.4 Å². The molecule has 0 bridgehead atoms. The van der Waals surface area contributed by atoms with Crippen LogP contribution in [0.1, 0.15) is 28.9 Å². The quantitative estimate of drug-likeness (QED) is 0.801. The Morgan fingerprint density at radius 2 is 1.61 bits per heavy atom. The summed E-state index contributed by atoms with van der Waals surface area (Å²) in [5.74, 6) is -1.12.